The lowest BCUT2D eigenvalue weighted by atomic mass is 9.76. The molecule has 1 aromatic heterocycles. The molecule has 114 valence electrons. The molecule has 0 saturated heterocycles. The highest BCUT2D eigenvalue weighted by atomic mass is 35.5. The normalized spacial score (nSPS) is 25.3. The number of aromatic nitrogens is 1. The predicted octanol–water partition coefficient (Wildman–Crippen LogP) is 3.09. The van der Waals surface area contributed by atoms with Gasteiger partial charge in [-0.15, -0.1) is 0 Å². The first-order valence-corrected chi connectivity index (χ1v) is 7.03. The van der Waals surface area contributed by atoms with Gasteiger partial charge in [0.25, 0.3) is 5.69 Å². The molecule has 7 nitrogen and oxygen atoms in total. The van der Waals surface area contributed by atoms with Crippen molar-refractivity contribution in [2.75, 3.05) is 5.32 Å². The van der Waals surface area contributed by atoms with Crippen LogP contribution >= 0.6 is 11.6 Å². The number of nitro groups is 1. The quantitative estimate of drug-likeness (QED) is 0.653. The van der Waals surface area contributed by atoms with E-state index in [1.807, 2.05) is 6.92 Å². The highest BCUT2D eigenvalue weighted by Crippen LogP contribution is 2.36. The topological polar surface area (TPSA) is 105 Å². The minimum Gasteiger partial charge on any atom is -0.480 e. The number of rotatable bonds is 4. The van der Waals surface area contributed by atoms with Gasteiger partial charge in [-0.3, -0.25) is 10.1 Å². The maximum absolute atomic E-state index is 11.7. The van der Waals surface area contributed by atoms with Crippen LogP contribution in [0.15, 0.2) is 12.3 Å². The van der Waals surface area contributed by atoms with Gasteiger partial charge in [0, 0.05) is 6.07 Å². The summed E-state index contributed by atoms with van der Waals surface area (Å²) in [5.41, 5.74) is -1.35. The average Bonchev–Trinajstić information content (AvgIpc) is 2.40. The first-order chi connectivity index (χ1) is 9.84. The van der Waals surface area contributed by atoms with E-state index in [9.17, 15) is 20.0 Å². The lowest BCUT2D eigenvalue weighted by Crippen LogP contribution is -2.49. The molecule has 21 heavy (non-hydrogen) atoms. The molecule has 2 atom stereocenters. The molecule has 1 aliphatic rings. The van der Waals surface area contributed by atoms with Crippen molar-refractivity contribution in [3.8, 4) is 0 Å². The van der Waals surface area contributed by atoms with Crippen LogP contribution < -0.4 is 5.32 Å². The van der Waals surface area contributed by atoms with Crippen molar-refractivity contribution in [1.29, 1.82) is 0 Å². The van der Waals surface area contributed by atoms with E-state index in [-0.39, 0.29) is 22.4 Å². The first kappa shape index (κ1) is 15.5. The van der Waals surface area contributed by atoms with Crippen LogP contribution in [-0.2, 0) is 4.79 Å². The van der Waals surface area contributed by atoms with Crippen LogP contribution in [0, 0.1) is 16.0 Å². The lowest BCUT2D eigenvalue weighted by molar-refractivity contribution is -0.385. The summed E-state index contributed by atoms with van der Waals surface area (Å²) in [6.07, 6.45) is 3.79. The number of halogens is 1. The van der Waals surface area contributed by atoms with Crippen molar-refractivity contribution in [3.63, 3.8) is 0 Å². The Hall–Kier alpha value is -1.89. The summed E-state index contributed by atoms with van der Waals surface area (Å²) in [6, 6.07) is 1.17. The third-order valence-electron chi connectivity index (χ3n) is 3.80. The van der Waals surface area contributed by atoms with Crippen LogP contribution in [0.3, 0.4) is 0 Å². The standard InChI is InChI=1S/C13H16ClN3O4/c1-8-3-2-4-13(6-8,12(18)19)16-11-10(14)5-9(7-15-11)17(20)21/h5,7-8H,2-4,6H2,1H3,(H,15,16)(H,18,19). The number of carbonyl (C=O) groups is 1. The molecule has 2 unspecified atom stereocenters. The SMILES string of the molecule is CC1CCCC(Nc2ncc([N+](=O)[O-])cc2Cl)(C(=O)O)C1. The average molecular weight is 314 g/mol. The van der Waals surface area contributed by atoms with Crippen LogP contribution in [0.2, 0.25) is 5.02 Å². The monoisotopic (exact) mass is 313 g/mol. The molecule has 0 aliphatic heterocycles. The van der Waals surface area contributed by atoms with E-state index in [0.29, 0.717) is 12.8 Å². The second-order valence-corrected chi connectivity index (χ2v) is 5.90. The number of nitrogens with one attached hydrogen (secondary N) is 1. The minimum atomic E-state index is -1.12. The fourth-order valence-electron chi connectivity index (χ4n) is 2.76. The molecule has 0 radical (unpaired) electrons. The van der Waals surface area contributed by atoms with Crippen LogP contribution in [0.25, 0.3) is 0 Å². The van der Waals surface area contributed by atoms with Gasteiger partial charge in [0.2, 0.25) is 0 Å². The molecule has 0 bridgehead atoms. The van der Waals surface area contributed by atoms with E-state index >= 15 is 0 Å². The van der Waals surface area contributed by atoms with Crippen LogP contribution in [-0.4, -0.2) is 26.5 Å². The summed E-state index contributed by atoms with van der Waals surface area (Å²) >= 11 is 5.97. The Bertz CT molecular complexity index is 581. The second-order valence-electron chi connectivity index (χ2n) is 5.49. The molecule has 1 aliphatic carbocycles. The van der Waals surface area contributed by atoms with Gasteiger partial charge in [-0.25, -0.2) is 9.78 Å². The van der Waals surface area contributed by atoms with Gasteiger partial charge < -0.3 is 10.4 Å². The van der Waals surface area contributed by atoms with Crippen LogP contribution in [0.5, 0.6) is 0 Å². The number of hydrogen-bond donors (Lipinski definition) is 2. The molecule has 1 aromatic rings. The van der Waals surface area contributed by atoms with Gasteiger partial charge in [0.15, 0.2) is 0 Å². The largest absolute Gasteiger partial charge is 0.480 e. The Kier molecular flexibility index (Phi) is 4.32. The molecule has 8 heteroatoms. The molecule has 1 fully saturated rings. The Labute approximate surface area is 126 Å². The number of pyridine rings is 1. The van der Waals surface area contributed by atoms with Gasteiger partial charge >= 0.3 is 5.97 Å². The van der Waals surface area contributed by atoms with Crippen molar-refractivity contribution < 1.29 is 14.8 Å². The van der Waals surface area contributed by atoms with Gasteiger partial charge in [0.1, 0.15) is 17.6 Å². The van der Waals surface area contributed by atoms with Gasteiger partial charge in [-0.2, -0.15) is 0 Å². The van der Waals surface area contributed by atoms with Crippen molar-refractivity contribution in [2.24, 2.45) is 5.92 Å². The molecule has 0 amide bonds. The third kappa shape index (κ3) is 3.24. The molecule has 1 heterocycles. The van der Waals surface area contributed by atoms with E-state index in [2.05, 4.69) is 10.3 Å². The molecule has 0 spiro atoms. The van der Waals surface area contributed by atoms with Crippen LogP contribution in [0.4, 0.5) is 11.5 Å². The Morgan fingerprint density at radius 2 is 2.38 bits per heavy atom. The number of anilines is 1. The maximum Gasteiger partial charge on any atom is 0.329 e. The molecule has 0 aromatic carbocycles. The molecule has 2 rings (SSSR count). The summed E-state index contributed by atoms with van der Waals surface area (Å²) in [4.78, 5) is 25.6. The maximum atomic E-state index is 11.7. The van der Waals surface area contributed by atoms with Crippen molar-refractivity contribution in [3.05, 3.63) is 27.4 Å². The molecular weight excluding hydrogens is 298 g/mol. The number of carboxylic acid groups (broad SMARTS) is 1. The zero-order valence-corrected chi connectivity index (χ0v) is 12.3. The summed E-state index contributed by atoms with van der Waals surface area (Å²) in [5, 5.41) is 23.2. The van der Waals surface area contributed by atoms with Crippen molar-refractivity contribution in [2.45, 2.75) is 38.1 Å². The van der Waals surface area contributed by atoms with E-state index in [0.717, 1.165) is 19.0 Å². The highest BCUT2D eigenvalue weighted by molar-refractivity contribution is 6.33. The molecule has 1 saturated carbocycles. The fourth-order valence-corrected chi connectivity index (χ4v) is 2.97. The number of hydrogen-bond acceptors (Lipinski definition) is 5. The van der Waals surface area contributed by atoms with E-state index in [1.54, 1.807) is 0 Å². The third-order valence-corrected chi connectivity index (χ3v) is 4.09. The molecule has 2 N–H and O–H groups in total. The van der Waals surface area contributed by atoms with E-state index < -0.39 is 16.4 Å². The van der Waals surface area contributed by atoms with Gasteiger partial charge in [-0.1, -0.05) is 31.4 Å². The minimum absolute atomic E-state index is 0.0445. The van der Waals surface area contributed by atoms with E-state index in [4.69, 9.17) is 11.6 Å². The second kappa shape index (κ2) is 5.85. The summed E-state index contributed by atoms with van der Waals surface area (Å²) in [6.45, 7) is 2.00. The smallest absolute Gasteiger partial charge is 0.329 e. The number of nitrogens with zero attached hydrogens (tertiary/aromatic N) is 2. The zero-order valence-electron chi connectivity index (χ0n) is 11.5. The molecular formula is C13H16ClN3O4. The lowest BCUT2D eigenvalue weighted by Gasteiger charge is -2.37. The Morgan fingerprint density at radius 1 is 1.67 bits per heavy atom. The Morgan fingerprint density at radius 3 is 2.90 bits per heavy atom. The predicted molar refractivity (Wildman–Crippen MR) is 77.5 cm³/mol. The fraction of sp³-hybridized carbons (Fsp3) is 0.538. The Balaban J connectivity index is 2.29. The van der Waals surface area contributed by atoms with Crippen molar-refractivity contribution in [1.82, 2.24) is 4.98 Å². The van der Waals surface area contributed by atoms with E-state index in [1.165, 1.54) is 6.07 Å². The zero-order chi connectivity index (χ0) is 15.6. The number of aliphatic carboxylic acids is 1. The van der Waals surface area contributed by atoms with Crippen molar-refractivity contribution >= 4 is 29.1 Å². The summed E-state index contributed by atoms with van der Waals surface area (Å²) in [5.74, 6) is -0.511. The van der Waals surface area contributed by atoms with Gasteiger partial charge in [-0.05, 0) is 18.8 Å². The first-order valence-electron chi connectivity index (χ1n) is 6.65. The summed E-state index contributed by atoms with van der Waals surface area (Å²) in [7, 11) is 0. The number of carboxylic acids is 1. The highest BCUT2D eigenvalue weighted by Gasteiger charge is 2.42. The van der Waals surface area contributed by atoms with Gasteiger partial charge in [0.05, 0.1) is 9.95 Å². The van der Waals surface area contributed by atoms with Crippen LogP contribution in [0.1, 0.15) is 32.6 Å². The summed E-state index contributed by atoms with van der Waals surface area (Å²) < 4.78 is 0.